The molecule has 114 valence electrons. The molecule has 3 rings (SSSR count). The van der Waals surface area contributed by atoms with Gasteiger partial charge in [0.15, 0.2) is 0 Å². The first kappa shape index (κ1) is 15.3. The standard InChI is InChI=1S/C20H18N2O/c1-20(2)11-16-9-8-14(13-21)10-17(16)18(12-20)22-19(23)15-6-4-3-5-7-15/h3-10,18H,11H2,1-2H3,(H,22,23). The molecule has 2 aromatic carbocycles. The van der Waals surface area contributed by atoms with E-state index in [1.54, 1.807) is 12.1 Å². The molecule has 1 aliphatic carbocycles. The van der Waals surface area contributed by atoms with Gasteiger partial charge in [0.05, 0.1) is 17.7 Å². The van der Waals surface area contributed by atoms with Gasteiger partial charge in [-0.1, -0.05) is 38.1 Å². The summed E-state index contributed by atoms with van der Waals surface area (Å²) >= 11 is 0. The molecule has 0 spiro atoms. The van der Waals surface area contributed by atoms with Gasteiger partial charge in [-0.25, -0.2) is 0 Å². The van der Waals surface area contributed by atoms with Gasteiger partial charge >= 0.3 is 0 Å². The summed E-state index contributed by atoms with van der Waals surface area (Å²) in [5.74, 6) is -0.130. The third-order valence-electron chi connectivity index (χ3n) is 4.06. The van der Waals surface area contributed by atoms with Crippen LogP contribution in [0.25, 0.3) is 0 Å². The van der Waals surface area contributed by atoms with Crippen LogP contribution in [0.1, 0.15) is 46.9 Å². The zero-order chi connectivity index (χ0) is 16.4. The first-order valence-electron chi connectivity index (χ1n) is 7.65. The number of carbonyl (C=O) groups excluding carboxylic acids is 1. The van der Waals surface area contributed by atoms with Crippen molar-refractivity contribution in [3.05, 3.63) is 77.2 Å². The predicted molar refractivity (Wildman–Crippen MR) is 88.5 cm³/mol. The van der Waals surface area contributed by atoms with Gasteiger partial charge in [-0.3, -0.25) is 4.79 Å². The normalized spacial score (nSPS) is 18.6. The van der Waals surface area contributed by atoms with E-state index in [1.165, 1.54) is 0 Å². The van der Waals surface area contributed by atoms with Gasteiger partial charge in [0.1, 0.15) is 0 Å². The molecule has 0 fully saturated rings. The van der Waals surface area contributed by atoms with Crippen molar-refractivity contribution in [3.8, 4) is 6.07 Å². The fourth-order valence-corrected chi connectivity index (χ4v) is 3.01. The largest absolute Gasteiger partial charge is 0.345 e. The van der Waals surface area contributed by atoms with Crippen molar-refractivity contribution < 1.29 is 4.79 Å². The summed E-state index contributed by atoms with van der Waals surface area (Å²) in [5.41, 5.74) is 3.22. The highest BCUT2D eigenvalue weighted by molar-refractivity contribution is 5.94. The highest BCUT2D eigenvalue weighted by Crippen LogP contribution is 2.40. The Morgan fingerprint density at radius 1 is 1.26 bits per heavy atom. The molecule has 3 heteroatoms. The van der Waals surface area contributed by atoms with Crippen molar-refractivity contribution in [2.75, 3.05) is 0 Å². The first-order chi connectivity index (χ1) is 11.0. The van der Waals surface area contributed by atoms with Gasteiger partial charge in [0.25, 0.3) is 5.91 Å². The van der Waals surface area contributed by atoms with Gasteiger partial charge in [-0.15, -0.1) is 0 Å². The van der Waals surface area contributed by atoms with E-state index in [0.717, 1.165) is 17.5 Å². The van der Waals surface area contributed by atoms with E-state index in [0.29, 0.717) is 11.1 Å². The Morgan fingerprint density at radius 2 is 2.00 bits per heavy atom. The summed E-state index contributed by atoms with van der Waals surface area (Å²) in [4.78, 5) is 12.5. The minimum Gasteiger partial charge on any atom is -0.345 e. The molecule has 2 aromatic rings. The monoisotopic (exact) mass is 302 g/mol. The van der Waals surface area contributed by atoms with Gasteiger partial charge < -0.3 is 5.32 Å². The molecule has 1 amide bonds. The number of hydrogen-bond acceptors (Lipinski definition) is 2. The number of benzene rings is 2. The van der Waals surface area contributed by atoms with Crippen LogP contribution in [-0.2, 0) is 6.42 Å². The van der Waals surface area contributed by atoms with Gasteiger partial charge in [-0.2, -0.15) is 5.26 Å². The number of amides is 1. The molecule has 3 nitrogen and oxygen atoms in total. The van der Waals surface area contributed by atoms with Crippen molar-refractivity contribution in [2.45, 2.75) is 26.3 Å². The molecule has 0 heterocycles. The average Bonchev–Trinajstić information content (AvgIpc) is 2.54. The van der Waals surface area contributed by atoms with Crippen LogP contribution in [0.3, 0.4) is 0 Å². The van der Waals surface area contributed by atoms with Crippen LogP contribution < -0.4 is 5.32 Å². The van der Waals surface area contributed by atoms with E-state index >= 15 is 0 Å². The molecular weight excluding hydrogens is 284 g/mol. The molecule has 23 heavy (non-hydrogen) atoms. The summed E-state index contributed by atoms with van der Waals surface area (Å²) in [6.07, 6.45) is 4.31. The van der Waals surface area contributed by atoms with Crippen LogP contribution in [0.4, 0.5) is 0 Å². The van der Waals surface area contributed by atoms with Crippen LogP contribution in [0, 0.1) is 23.2 Å². The second-order valence-corrected chi connectivity index (χ2v) is 6.50. The van der Waals surface area contributed by atoms with E-state index < -0.39 is 0 Å². The van der Waals surface area contributed by atoms with Crippen LogP contribution in [0.15, 0.2) is 48.5 Å². The summed E-state index contributed by atoms with van der Waals surface area (Å²) < 4.78 is 0. The van der Waals surface area contributed by atoms with Crippen LogP contribution >= 0.6 is 0 Å². The lowest BCUT2D eigenvalue weighted by atomic mass is 9.71. The molecule has 1 aliphatic rings. The summed E-state index contributed by atoms with van der Waals surface area (Å²) in [7, 11) is 0. The maximum atomic E-state index is 12.5. The van der Waals surface area contributed by atoms with Gasteiger partial charge in [0.2, 0.25) is 0 Å². The van der Waals surface area contributed by atoms with E-state index in [-0.39, 0.29) is 17.4 Å². The molecule has 0 saturated carbocycles. The molecule has 0 bridgehead atoms. The quantitative estimate of drug-likeness (QED) is 0.919. The number of nitrogens with zero attached hydrogens (tertiary/aromatic N) is 1. The third-order valence-corrected chi connectivity index (χ3v) is 4.06. The number of rotatable bonds is 2. The van der Waals surface area contributed by atoms with Crippen molar-refractivity contribution in [1.82, 2.24) is 5.32 Å². The minimum absolute atomic E-state index is 0.129. The molecule has 0 saturated heterocycles. The number of fused-ring (bicyclic) bond motifs is 1. The number of nitriles is 1. The Hall–Kier alpha value is -2.60. The Morgan fingerprint density at radius 3 is 2.70 bits per heavy atom. The van der Waals surface area contributed by atoms with Crippen molar-refractivity contribution in [1.29, 1.82) is 5.26 Å². The molecule has 0 aliphatic heterocycles. The number of hydrogen-bond donors (Lipinski definition) is 1. The molecule has 0 aromatic heterocycles. The minimum atomic E-state index is -0.310. The average molecular weight is 302 g/mol. The van der Waals surface area contributed by atoms with E-state index in [1.807, 2.05) is 36.4 Å². The number of carbonyl (C=O) groups is 1. The fraction of sp³-hybridized carbons (Fsp3) is 0.250. The zero-order valence-corrected chi connectivity index (χ0v) is 13.3. The van der Waals surface area contributed by atoms with Crippen LogP contribution in [-0.4, -0.2) is 5.91 Å². The molecular formula is C20H18N2O. The maximum absolute atomic E-state index is 12.5. The summed E-state index contributed by atoms with van der Waals surface area (Å²) in [6.45, 7) is 4.21. The topological polar surface area (TPSA) is 52.9 Å². The second kappa shape index (κ2) is 5.89. The summed E-state index contributed by atoms with van der Waals surface area (Å²) in [5, 5.41) is 12.2. The molecule has 1 N–H and O–H groups in total. The Balaban J connectivity index is 1.93. The molecule has 1 atom stereocenters. The van der Waals surface area contributed by atoms with E-state index in [9.17, 15) is 4.79 Å². The first-order valence-corrected chi connectivity index (χ1v) is 7.65. The highest BCUT2D eigenvalue weighted by Gasteiger charge is 2.34. The smallest absolute Gasteiger partial charge is 0.251 e. The van der Waals surface area contributed by atoms with Crippen molar-refractivity contribution in [2.24, 2.45) is 5.41 Å². The SMILES string of the molecule is CC1(C)[C]C(NC(=O)c2ccccc2)c2cc(C#N)ccc2C1. The number of nitrogens with one attached hydrogen (secondary N) is 1. The lowest BCUT2D eigenvalue weighted by molar-refractivity contribution is 0.0936. The third kappa shape index (κ3) is 3.27. The van der Waals surface area contributed by atoms with Gasteiger partial charge in [0, 0.05) is 12.0 Å². The Bertz CT molecular complexity index is 772. The lowest BCUT2D eigenvalue weighted by Crippen LogP contribution is -2.37. The second-order valence-electron chi connectivity index (χ2n) is 6.50. The predicted octanol–water partition coefficient (Wildman–Crippen LogP) is 3.69. The Labute approximate surface area is 137 Å². The fourth-order valence-electron chi connectivity index (χ4n) is 3.01. The van der Waals surface area contributed by atoms with Gasteiger partial charge in [-0.05, 0) is 47.2 Å². The maximum Gasteiger partial charge on any atom is 0.251 e. The zero-order valence-electron chi connectivity index (χ0n) is 13.3. The van der Waals surface area contributed by atoms with Crippen LogP contribution in [0.2, 0.25) is 0 Å². The van der Waals surface area contributed by atoms with Crippen molar-refractivity contribution >= 4 is 5.91 Å². The Kier molecular flexibility index (Phi) is 3.92. The van der Waals surface area contributed by atoms with E-state index in [4.69, 9.17) is 5.26 Å². The van der Waals surface area contributed by atoms with Crippen molar-refractivity contribution in [3.63, 3.8) is 0 Å². The molecule has 2 radical (unpaired) electrons. The summed E-state index contributed by atoms with van der Waals surface area (Å²) in [6, 6.07) is 16.7. The highest BCUT2D eigenvalue weighted by atomic mass is 16.1. The van der Waals surface area contributed by atoms with E-state index in [2.05, 4.69) is 31.7 Å². The lowest BCUT2D eigenvalue weighted by Gasteiger charge is -2.36. The van der Waals surface area contributed by atoms with Crippen LogP contribution in [0.5, 0.6) is 0 Å². The molecule has 1 unspecified atom stereocenters.